The zero-order valence-electron chi connectivity index (χ0n) is 24.5. The molecule has 0 spiro atoms. The first-order valence-corrected chi connectivity index (χ1v) is 12.8. The van der Waals surface area contributed by atoms with Crippen molar-refractivity contribution in [3.8, 4) is 5.75 Å². The third-order valence-corrected chi connectivity index (χ3v) is 5.94. The highest BCUT2D eigenvalue weighted by atomic mass is 16.8. The van der Waals surface area contributed by atoms with Crippen LogP contribution in [0.15, 0.2) is 24.3 Å². The minimum absolute atomic E-state index is 0.293. The molecular weight excluding hydrogens is 596 g/mol. The lowest BCUT2D eigenvalue weighted by molar-refractivity contribution is -0.384. The monoisotopic (exact) mass is 628 g/mol. The first-order valence-electron chi connectivity index (χ1n) is 12.8. The van der Waals surface area contributed by atoms with Crippen LogP contribution in [0.5, 0.6) is 5.75 Å². The Hall–Kier alpha value is -4.84. The number of ether oxygens (including phenoxy) is 7. The molecule has 18 heteroatoms. The molecule has 1 aromatic carbocycles. The zero-order chi connectivity index (χ0) is 33.4. The lowest BCUT2D eigenvalue weighted by Gasteiger charge is -2.50. The number of aliphatic hydroxyl groups is 1. The Kier molecular flexibility index (Phi) is 12.1. The summed E-state index contributed by atoms with van der Waals surface area (Å²) in [6, 6.07) is 2.48. The van der Waals surface area contributed by atoms with Crippen LogP contribution in [0.2, 0.25) is 0 Å². The van der Waals surface area contributed by atoms with Crippen LogP contribution in [0.3, 0.4) is 0 Å². The van der Waals surface area contributed by atoms with Gasteiger partial charge in [0.05, 0.1) is 18.1 Å². The molecule has 0 aromatic heterocycles. The molecule has 1 aliphatic heterocycles. The maximum atomic E-state index is 13.4. The number of benzene rings is 1. The van der Waals surface area contributed by atoms with Gasteiger partial charge in [-0.1, -0.05) is 0 Å². The Bertz CT molecular complexity index is 1270. The lowest BCUT2D eigenvalue weighted by Crippen LogP contribution is -2.76. The Balaban J connectivity index is 2.85. The first-order chi connectivity index (χ1) is 20.5. The van der Waals surface area contributed by atoms with Gasteiger partial charge in [0.2, 0.25) is 5.91 Å². The highest BCUT2D eigenvalue weighted by Crippen LogP contribution is 2.38. The number of carbonyl (C=O) groups is 6. The number of esters is 5. The van der Waals surface area contributed by atoms with Gasteiger partial charge in [-0.05, 0) is 12.1 Å². The zero-order valence-corrected chi connectivity index (χ0v) is 24.5. The van der Waals surface area contributed by atoms with Crippen molar-refractivity contribution in [2.45, 2.75) is 77.0 Å². The van der Waals surface area contributed by atoms with Gasteiger partial charge in [0.15, 0.2) is 24.4 Å². The molecule has 44 heavy (non-hydrogen) atoms. The Morgan fingerprint density at radius 2 is 1.57 bits per heavy atom. The van der Waals surface area contributed by atoms with Gasteiger partial charge in [0, 0.05) is 46.8 Å². The Morgan fingerprint density at radius 3 is 2.02 bits per heavy atom. The van der Waals surface area contributed by atoms with Crippen molar-refractivity contribution in [3.05, 3.63) is 34.4 Å². The largest absolute Gasteiger partial charge is 0.464 e. The molecule has 1 heterocycles. The van der Waals surface area contributed by atoms with Gasteiger partial charge < -0.3 is 43.6 Å². The van der Waals surface area contributed by atoms with E-state index in [1.807, 2.05) is 0 Å². The number of nitro groups is 1. The van der Waals surface area contributed by atoms with Gasteiger partial charge >= 0.3 is 35.6 Å². The second-order valence-corrected chi connectivity index (χ2v) is 9.36. The molecule has 1 aliphatic rings. The standard InChI is InChI=1S/C26H32N2O16/c1-12(29)27-20-22(21(41-15(4)32)19(40-14(3)31)11-39-13(2)30)44-26(25(35)38-6,24(34)23(20)42-16(5)33)43-18-9-7-17(8-10-18)28(36)37/h7-10,19-24,34H,11H2,1-6H3,(H,27,29)/t19-,20+,21-,22-,23-,24+,26+/m1/s1. The number of methoxy groups -OCH3 is 1. The number of nitrogens with zero attached hydrogens (tertiary/aromatic N) is 1. The highest BCUT2D eigenvalue weighted by Gasteiger charge is 2.66. The summed E-state index contributed by atoms with van der Waals surface area (Å²) in [7, 11) is 0.890. The number of nitrogens with one attached hydrogen (secondary N) is 1. The van der Waals surface area contributed by atoms with Crippen LogP contribution in [0, 0.1) is 10.1 Å². The number of rotatable bonds is 12. The Labute approximate surface area is 249 Å². The molecule has 1 saturated heterocycles. The predicted octanol–water partition coefficient (Wildman–Crippen LogP) is -0.534. The lowest BCUT2D eigenvalue weighted by atomic mass is 9.85. The summed E-state index contributed by atoms with van der Waals surface area (Å²) in [6.07, 6.45) is -9.59. The van der Waals surface area contributed by atoms with E-state index in [-0.39, 0.29) is 11.4 Å². The summed E-state index contributed by atoms with van der Waals surface area (Å²) in [4.78, 5) is 84.2. The minimum Gasteiger partial charge on any atom is -0.464 e. The van der Waals surface area contributed by atoms with Crippen LogP contribution in [0.4, 0.5) is 5.69 Å². The van der Waals surface area contributed by atoms with Gasteiger partial charge in [-0.25, -0.2) is 4.79 Å². The van der Waals surface area contributed by atoms with Crippen LogP contribution in [-0.4, -0.2) is 102 Å². The average Bonchev–Trinajstić information content (AvgIpc) is 2.92. The Morgan fingerprint density at radius 1 is 0.977 bits per heavy atom. The fourth-order valence-electron chi connectivity index (χ4n) is 4.35. The predicted molar refractivity (Wildman–Crippen MR) is 140 cm³/mol. The molecule has 18 nitrogen and oxygen atoms in total. The maximum absolute atomic E-state index is 13.4. The molecule has 7 atom stereocenters. The van der Waals surface area contributed by atoms with Crippen molar-refractivity contribution >= 4 is 41.4 Å². The van der Waals surface area contributed by atoms with Crippen molar-refractivity contribution in [3.63, 3.8) is 0 Å². The van der Waals surface area contributed by atoms with E-state index in [4.69, 9.17) is 33.2 Å². The van der Waals surface area contributed by atoms with E-state index < -0.39 is 89.6 Å². The summed E-state index contributed by atoms with van der Waals surface area (Å²) in [5, 5.41) is 25.0. The number of non-ortho nitro benzene ring substituents is 1. The van der Waals surface area contributed by atoms with Gasteiger partial charge in [0.1, 0.15) is 18.5 Å². The number of aliphatic hydroxyl groups excluding tert-OH is 1. The third-order valence-electron chi connectivity index (χ3n) is 5.94. The third kappa shape index (κ3) is 8.83. The summed E-state index contributed by atoms with van der Waals surface area (Å²) in [5.74, 6) is -9.27. The summed E-state index contributed by atoms with van der Waals surface area (Å²) in [5.41, 5.74) is -0.361. The maximum Gasteiger partial charge on any atom is 0.382 e. The van der Waals surface area contributed by atoms with Crippen LogP contribution in [0.1, 0.15) is 34.6 Å². The van der Waals surface area contributed by atoms with E-state index >= 15 is 0 Å². The summed E-state index contributed by atoms with van der Waals surface area (Å²) < 4.78 is 37.5. The van der Waals surface area contributed by atoms with Crippen molar-refractivity contribution in [2.24, 2.45) is 0 Å². The van der Waals surface area contributed by atoms with Gasteiger partial charge in [0.25, 0.3) is 5.69 Å². The van der Waals surface area contributed by atoms with E-state index in [0.717, 1.165) is 66.0 Å². The van der Waals surface area contributed by atoms with E-state index in [9.17, 15) is 44.0 Å². The molecular formula is C26H32N2O16. The SMILES string of the molecule is COC(=O)[C@@]1(Oc2ccc([N+](=O)[O-])cc2)O[C@@H]([C@H](OC(C)=O)[C@@H](COC(C)=O)OC(C)=O)[C@H](NC(C)=O)[C@@H](OC(C)=O)[C@@H]1O. The second kappa shape index (κ2) is 15.1. The molecule has 242 valence electrons. The molecule has 0 bridgehead atoms. The van der Waals surface area contributed by atoms with Crippen LogP contribution in [-0.2, 0) is 57.2 Å². The molecule has 0 aliphatic carbocycles. The topological polar surface area (TPSA) is 242 Å². The fourth-order valence-corrected chi connectivity index (χ4v) is 4.35. The van der Waals surface area contributed by atoms with Crippen molar-refractivity contribution in [1.29, 1.82) is 0 Å². The van der Waals surface area contributed by atoms with Crippen molar-refractivity contribution in [1.82, 2.24) is 5.32 Å². The smallest absolute Gasteiger partial charge is 0.382 e. The molecule has 0 radical (unpaired) electrons. The van der Waals surface area contributed by atoms with Crippen LogP contribution in [0.25, 0.3) is 0 Å². The normalized spacial score (nSPS) is 24.0. The quantitative estimate of drug-likeness (QED) is 0.128. The average molecular weight is 629 g/mol. The molecule has 0 unspecified atom stereocenters. The number of carbonyl (C=O) groups excluding carboxylic acids is 6. The molecule has 1 amide bonds. The van der Waals surface area contributed by atoms with Crippen molar-refractivity contribution in [2.75, 3.05) is 13.7 Å². The van der Waals surface area contributed by atoms with Gasteiger partial charge in [-0.15, -0.1) is 0 Å². The highest BCUT2D eigenvalue weighted by molar-refractivity contribution is 5.80. The fraction of sp³-hybridized carbons (Fsp3) is 0.538. The molecule has 2 N–H and O–H groups in total. The van der Waals surface area contributed by atoms with Crippen LogP contribution < -0.4 is 10.1 Å². The number of hydrogen-bond acceptors (Lipinski definition) is 16. The number of nitro benzene ring substituents is 1. The van der Waals surface area contributed by atoms with Gasteiger partial charge in [-0.3, -0.25) is 34.1 Å². The molecule has 0 saturated carbocycles. The summed E-state index contributed by atoms with van der Waals surface area (Å²) in [6.45, 7) is 4.25. The van der Waals surface area contributed by atoms with E-state index in [2.05, 4.69) is 5.32 Å². The molecule has 1 fully saturated rings. The van der Waals surface area contributed by atoms with Crippen LogP contribution >= 0.6 is 0 Å². The summed E-state index contributed by atoms with van der Waals surface area (Å²) >= 11 is 0. The first kappa shape index (κ1) is 35.4. The van der Waals surface area contributed by atoms with Gasteiger partial charge in [-0.2, -0.15) is 0 Å². The van der Waals surface area contributed by atoms with E-state index in [1.54, 1.807) is 0 Å². The second-order valence-electron chi connectivity index (χ2n) is 9.36. The molecule has 2 rings (SSSR count). The van der Waals surface area contributed by atoms with E-state index in [0.29, 0.717) is 0 Å². The molecule has 1 aromatic rings. The number of amides is 1. The minimum atomic E-state index is -2.98. The van der Waals surface area contributed by atoms with Crippen molar-refractivity contribution < 1.29 is 72.0 Å². The number of hydrogen-bond donors (Lipinski definition) is 2. The van der Waals surface area contributed by atoms with E-state index in [1.165, 1.54) is 0 Å².